The molecule has 2 atom stereocenters. The Bertz CT molecular complexity index is 505. The first-order chi connectivity index (χ1) is 11.1. The summed E-state index contributed by atoms with van der Waals surface area (Å²) in [6.45, 7) is 8.40. The number of halogens is 1. The first kappa shape index (κ1) is 17.2. The molecule has 2 heterocycles. The Morgan fingerprint density at radius 2 is 2.09 bits per heavy atom. The highest BCUT2D eigenvalue weighted by molar-refractivity contribution is 6.30. The fourth-order valence-electron chi connectivity index (χ4n) is 3.74. The van der Waals surface area contributed by atoms with Gasteiger partial charge in [0.1, 0.15) is 0 Å². The van der Waals surface area contributed by atoms with Crippen LogP contribution in [0.15, 0.2) is 24.3 Å². The molecular formula is C18H28ClN3O. The van der Waals surface area contributed by atoms with E-state index in [0.29, 0.717) is 12.1 Å². The number of aliphatic hydroxyl groups excluding tert-OH is 1. The predicted octanol–water partition coefficient (Wildman–Crippen LogP) is 2.13. The Balaban J connectivity index is 1.75. The molecule has 5 heteroatoms. The molecule has 2 unspecified atom stereocenters. The second-order valence-corrected chi connectivity index (χ2v) is 7.39. The van der Waals surface area contributed by atoms with Crippen LogP contribution in [-0.4, -0.2) is 66.3 Å². The molecule has 4 nitrogen and oxygen atoms in total. The van der Waals surface area contributed by atoms with Gasteiger partial charge in [-0.3, -0.25) is 4.90 Å². The molecule has 0 saturated carbocycles. The van der Waals surface area contributed by atoms with E-state index in [1.165, 1.54) is 5.56 Å². The number of benzene rings is 1. The van der Waals surface area contributed by atoms with Gasteiger partial charge < -0.3 is 15.3 Å². The van der Waals surface area contributed by atoms with Crippen LogP contribution in [0.25, 0.3) is 0 Å². The molecule has 0 aliphatic carbocycles. The molecule has 2 aliphatic heterocycles. The van der Waals surface area contributed by atoms with Gasteiger partial charge in [0.2, 0.25) is 0 Å². The number of nitrogens with zero attached hydrogens (tertiary/aromatic N) is 2. The smallest absolute Gasteiger partial charge is 0.0564 e. The number of likely N-dealkylation sites (tertiary alicyclic amines) is 1. The van der Waals surface area contributed by atoms with Crippen LogP contribution < -0.4 is 5.32 Å². The molecule has 1 aromatic carbocycles. The zero-order chi connectivity index (χ0) is 16.2. The van der Waals surface area contributed by atoms with Crippen LogP contribution in [0, 0.1) is 0 Å². The molecule has 3 rings (SSSR count). The van der Waals surface area contributed by atoms with Crippen molar-refractivity contribution >= 4 is 11.6 Å². The van der Waals surface area contributed by atoms with Crippen LogP contribution >= 0.6 is 11.6 Å². The van der Waals surface area contributed by atoms with E-state index in [-0.39, 0.29) is 6.10 Å². The molecular weight excluding hydrogens is 310 g/mol. The van der Waals surface area contributed by atoms with E-state index in [0.717, 1.165) is 57.1 Å². The molecule has 0 spiro atoms. The number of hydrogen-bond donors (Lipinski definition) is 2. The average Bonchev–Trinajstić information content (AvgIpc) is 2.54. The van der Waals surface area contributed by atoms with Gasteiger partial charge in [0.05, 0.1) is 6.10 Å². The third kappa shape index (κ3) is 4.68. The minimum atomic E-state index is -0.116. The molecule has 23 heavy (non-hydrogen) atoms. The minimum absolute atomic E-state index is 0.116. The van der Waals surface area contributed by atoms with Crippen molar-refractivity contribution < 1.29 is 5.11 Å². The molecule has 0 bridgehead atoms. The Labute approximate surface area is 144 Å². The highest BCUT2D eigenvalue weighted by Crippen LogP contribution is 2.26. The van der Waals surface area contributed by atoms with Crippen molar-refractivity contribution in [3.05, 3.63) is 34.9 Å². The van der Waals surface area contributed by atoms with Gasteiger partial charge in [0, 0.05) is 56.4 Å². The molecule has 128 valence electrons. The fourth-order valence-corrected chi connectivity index (χ4v) is 3.94. The van der Waals surface area contributed by atoms with Crippen molar-refractivity contribution in [2.24, 2.45) is 0 Å². The molecule has 1 aromatic rings. The van der Waals surface area contributed by atoms with Gasteiger partial charge in [-0.15, -0.1) is 0 Å². The van der Waals surface area contributed by atoms with Crippen molar-refractivity contribution in [3.63, 3.8) is 0 Å². The molecule has 0 amide bonds. The maximum atomic E-state index is 9.74. The second kappa shape index (κ2) is 7.95. The van der Waals surface area contributed by atoms with Gasteiger partial charge in [0.15, 0.2) is 0 Å². The normalized spacial score (nSPS) is 26.3. The Morgan fingerprint density at radius 1 is 1.30 bits per heavy atom. The molecule has 2 N–H and O–H groups in total. The third-order valence-electron chi connectivity index (χ3n) is 5.06. The van der Waals surface area contributed by atoms with Crippen molar-refractivity contribution in [2.45, 2.75) is 38.0 Å². The van der Waals surface area contributed by atoms with Crippen LogP contribution in [0.5, 0.6) is 0 Å². The van der Waals surface area contributed by atoms with E-state index in [1.807, 2.05) is 6.07 Å². The summed E-state index contributed by atoms with van der Waals surface area (Å²) in [6, 6.07) is 9.19. The average molecular weight is 338 g/mol. The zero-order valence-electron chi connectivity index (χ0n) is 13.9. The van der Waals surface area contributed by atoms with Gasteiger partial charge in [-0.05, 0) is 37.5 Å². The Kier molecular flexibility index (Phi) is 5.94. The highest BCUT2D eigenvalue weighted by Gasteiger charge is 2.28. The number of aliphatic hydroxyl groups is 1. The van der Waals surface area contributed by atoms with Gasteiger partial charge in [-0.1, -0.05) is 23.7 Å². The summed E-state index contributed by atoms with van der Waals surface area (Å²) >= 11 is 6.24. The Morgan fingerprint density at radius 3 is 2.78 bits per heavy atom. The number of nitrogens with one attached hydrogen (secondary N) is 1. The van der Waals surface area contributed by atoms with Crippen LogP contribution in [0.3, 0.4) is 0 Å². The number of piperidine rings is 1. The van der Waals surface area contributed by atoms with Crippen molar-refractivity contribution in [2.75, 3.05) is 39.3 Å². The summed E-state index contributed by atoms with van der Waals surface area (Å²) in [5.74, 6) is 0. The second-order valence-electron chi connectivity index (χ2n) is 6.95. The van der Waals surface area contributed by atoms with Crippen LogP contribution in [0.2, 0.25) is 5.02 Å². The third-order valence-corrected chi connectivity index (χ3v) is 5.30. The minimum Gasteiger partial charge on any atom is -0.393 e. The highest BCUT2D eigenvalue weighted by atomic mass is 35.5. The monoisotopic (exact) mass is 337 g/mol. The molecule has 0 aromatic heterocycles. The number of hydrogen-bond acceptors (Lipinski definition) is 4. The van der Waals surface area contributed by atoms with Crippen molar-refractivity contribution in [1.82, 2.24) is 15.1 Å². The largest absolute Gasteiger partial charge is 0.393 e. The van der Waals surface area contributed by atoms with Crippen molar-refractivity contribution in [3.8, 4) is 0 Å². The van der Waals surface area contributed by atoms with Gasteiger partial charge in [0.25, 0.3) is 0 Å². The topological polar surface area (TPSA) is 38.7 Å². The predicted molar refractivity (Wildman–Crippen MR) is 94.9 cm³/mol. The molecule has 2 fully saturated rings. The van der Waals surface area contributed by atoms with E-state index in [4.69, 9.17) is 11.6 Å². The van der Waals surface area contributed by atoms with Gasteiger partial charge in [-0.25, -0.2) is 0 Å². The lowest BCUT2D eigenvalue weighted by atomic mass is 10.0. The van der Waals surface area contributed by atoms with E-state index in [2.05, 4.69) is 40.2 Å². The van der Waals surface area contributed by atoms with Gasteiger partial charge in [-0.2, -0.15) is 0 Å². The summed E-state index contributed by atoms with van der Waals surface area (Å²) in [4.78, 5) is 5.07. The first-order valence-corrected chi connectivity index (χ1v) is 9.13. The SMILES string of the molecule is CC1CN(C(CN2CCC(O)CC2)c2cccc(Cl)c2)CCN1. The molecule has 2 saturated heterocycles. The van der Waals surface area contributed by atoms with Crippen molar-refractivity contribution in [1.29, 1.82) is 0 Å². The van der Waals surface area contributed by atoms with Crippen LogP contribution in [-0.2, 0) is 0 Å². The number of rotatable bonds is 4. The standard InChI is InChI=1S/C18H28ClN3O/c1-14-12-22(10-7-20-14)18(15-3-2-4-16(19)11-15)13-21-8-5-17(23)6-9-21/h2-4,11,14,17-18,20,23H,5-10,12-13H2,1H3. The summed E-state index contributed by atoms with van der Waals surface area (Å²) in [5.41, 5.74) is 1.30. The zero-order valence-corrected chi connectivity index (χ0v) is 14.7. The lowest BCUT2D eigenvalue weighted by Gasteiger charge is -2.41. The summed E-state index contributed by atoms with van der Waals surface area (Å²) in [5, 5.41) is 14.1. The fraction of sp³-hybridized carbons (Fsp3) is 0.667. The molecule has 0 radical (unpaired) electrons. The first-order valence-electron chi connectivity index (χ1n) is 8.75. The van der Waals surface area contributed by atoms with Crippen LogP contribution in [0.1, 0.15) is 31.4 Å². The summed E-state index contributed by atoms with van der Waals surface area (Å²) < 4.78 is 0. The van der Waals surface area contributed by atoms with Gasteiger partial charge >= 0.3 is 0 Å². The maximum absolute atomic E-state index is 9.74. The summed E-state index contributed by atoms with van der Waals surface area (Å²) in [6.07, 6.45) is 1.66. The maximum Gasteiger partial charge on any atom is 0.0564 e. The van der Waals surface area contributed by atoms with Crippen LogP contribution in [0.4, 0.5) is 0 Å². The quantitative estimate of drug-likeness (QED) is 0.883. The van der Waals surface area contributed by atoms with E-state index < -0.39 is 0 Å². The van der Waals surface area contributed by atoms with E-state index >= 15 is 0 Å². The number of piperazine rings is 1. The lowest BCUT2D eigenvalue weighted by molar-refractivity contribution is 0.0553. The lowest BCUT2D eigenvalue weighted by Crippen LogP contribution is -2.52. The van der Waals surface area contributed by atoms with E-state index in [1.54, 1.807) is 0 Å². The summed E-state index contributed by atoms with van der Waals surface area (Å²) in [7, 11) is 0. The molecule has 2 aliphatic rings. The Hall–Kier alpha value is -0.650. The van der Waals surface area contributed by atoms with E-state index in [9.17, 15) is 5.11 Å².